The molecular formula is C17H13BrN2O. The first-order chi connectivity index (χ1) is 10.2. The van der Waals surface area contributed by atoms with Crippen molar-refractivity contribution in [3.63, 3.8) is 0 Å². The molecule has 0 saturated carbocycles. The third-order valence-electron chi connectivity index (χ3n) is 3.93. The Kier molecular flexibility index (Phi) is 2.86. The summed E-state index contributed by atoms with van der Waals surface area (Å²) in [7, 11) is 0. The minimum Gasteiger partial charge on any atom is -0.354 e. The van der Waals surface area contributed by atoms with E-state index in [1.54, 1.807) is 0 Å². The van der Waals surface area contributed by atoms with Crippen molar-refractivity contribution in [2.24, 2.45) is 0 Å². The highest BCUT2D eigenvalue weighted by Gasteiger charge is 2.22. The van der Waals surface area contributed by atoms with Crippen molar-refractivity contribution in [2.75, 3.05) is 6.54 Å². The lowest BCUT2D eigenvalue weighted by Gasteiger charge is -2.03. The number of carbonyl (C=O) groups is 1. The molecule has 0 fully saturated rings. The summed E-state index contributed by atoms with van der Waals surface area (Å²) in [6.45, 7) is 0.665. The predicted octanol–water partition coefficient (Wildman–Crippen LogP) is 3.88. The van der Waals surface area contributed by atoms with Crippen LogP contribution in [-0.2, 0) is 6.42 Å². The Labute approximate surface area is 130 Å². The van der Waals surface area contributed by atoms with Crippen LogP contribution in [0.15, 0.2) is 46.9 Å². The standard InChI is InChI=1S/C17H13BrN2O/c18-11-8-13-15-12(6-7-19-17(13)21)16(20-14(15)9-11)10-4-2-1-3-5-10/h1-5,8-9,20H,6-7H2,(H,19,21). The second kappa shape index (κ2) is 4.74. The summed E-state index contributed by atoms with van der Waals surface area (Å²) < 4.78 is 0.912. The van der Waals surface area contributed by atoms with E-state index in [1.807, 2.05) is 30.3 Å². The third-order valence-corrected chi connectivity index (χ3v) is 4.39. The zero-order chi connectivity index (χ0) is 14.4. The molecule has 1 aliphatic heterocycles. The maximum atomic E-state index is 12.2. The van der Waals surface area contributed by atoms with Crippen molar-refractivity contribution in [1.29, 1.82) is 0 Å². The van der Waals surface area contributed by atoms with Crippen LogP contribution < -0.4 is 5.32 Å². The van der Waals surface area contributed by atoms with Crippen molar-refractivity contribution >= 4 is 32.7 Å². The summed E-state index contributed by atoms with van der Waals surface area (Å²) >= 11 is 3.49. The van der Waals surface area contributed by atoms with E-state index < -0.39 is 0 Å². The van der Waals surface area contributed by atoms with E-state index in [1.165, 1.54) is 5.56 Å². The fourth-order valence-electron chi connectivity index (χ4n) is 3.04. The molecule has 104 valence electrons. The molecule has 0 aliphatic carbocycles. The predicted molar refractivity (Wildman–Crippen MR) is 87.5 cm³/mol. The van der Waals surface area contributed by atoms with Gasteiger partial charge in [0.15, 0.2) is 0 Å². The van der Waals surface area contributed by atoms with Crippen molar-refractivity contribution in [1.82, 2.24) is 10.3 Å². The highest BCUT2D eigenvalue weighted by atomic mass is 79.9. The number of carbonyl (C=O) groups excluding carboxylic acids is 1. The first-order valence-corrected chi connectivity index (χ1v) is 7.71. The van der Waals surface area contributed by atoms with Gasteiger partial charge in [-0.3, -0.25) is 4.79 Å². The summed E-state index contributed by atoms with van der Waals surface area (Å²) in [6.07, 6.45) is 0.838. The molecule has 1 aliphatic rings. The van der Waals surface area contributed by atoms with E-state index >= 15 is 0 Å². The van der Waals surface area contributed by atoms with Crippen LogP contribution in [0.3, 0.4) is 0 Å². The Hall–Kier alpha value is -2.07. The highest BCUT2D eigenvalue weighted by molar-refractivity contribution is 9.10. The van der Waals surface area contributed by atoms with E-state index in [0.29, 0.717) is 6.54 Å². The fourth-order valence-corrected chi connectivity index (χ4v) is 3.50. The zero-order valence-electron chi connectivity index (χ0n) is 11.2. The molecule has 0 radical (unpaired) electrons. The van der Waals surface area contributed by atoms with E-state index in [2.05, 4.69) is 38.4 Å². The molecule has 3 nitrogen and oxygen atoms in total. The molecule has 2 aromatic carbocycles. The molecule has 0 saturated heterocycles. The molecule has 2 heterocycles. The third kappa shape index (κ3) is 1.98. The second-order valence-corrected chi connectivity index (χ2v) is 6.14. The fraction of sp³-hybridized carbons (Fsp3) is 0.118. The largest absolute Gasteiger partial charge is 0.354 e. The van der Waals surface area contributed by atoms with Gasteiger partial charge in [0, 0.05) is 27.6 Å². The van der Waals surface area contributed by atoms with Gasteiger partial charge < -0.3 is 10.3 Å². The summed E-state index contributed by atoms with van der Waals surface area (Å²) in [5, 5.41) is 4.02. The topological polar surface area (TPSA) is 44.9 Å². The van der Waals surface area contributed by atoms with Crippen LogP contribution in [0.4, 0.5) is 0 Å². The number of H-pyrrole nitrogens is 1. The quantitative estimate of drug-likeness (QED) is 0.693. The van der Waals surface area contributed by atoms with E-state index in [0.717, 1.165) is 38.6 Å². The highest BCUT2D eigenvalue weighted by Crippen LogP contribution is 2.35. The van der Waals surface area contributed by atoms with Gasteiger partial charge in [-0.1, -0.05) is 46.3 Å². The molecule has 0 spiro atoms. The molecule has 3 aromatic rings. The summed E-state index contributed by atoms with van der Waals surface area (Å²) in [4.78, 5) is 15.7. The minimum absolute atomic E-state index is 0.00124. The van der Waals surface area contributed by atoms with Crippen molar-refractivity contribution in [3.05, 3.63) is 58.1 Å². The van der Waals surface area contributed by atoms with Gasteiger partial charge in [0.1, 0.15) is 0 Å². The zero-order valence-corrected chi connectivity index (χ0v) is 12.8. The maximum Gasteiger partial charge on any atom is 0.252 e. The Bertz CT molecular complexity index is 852. The molecule has 1 aromatic heterocycles. The monoisotopic (exact) mass is 340 g/mol. The lowest BCUT2D eigenvalue weighted by molar-refractivity contribution is 0.0957. The van der Waals surface area contributed by atoms with Crippen molar-refractivity contribution < 1.29 is 4.79 Å². The molecule has 4 heteroatoms. The van der Waals surface area contributed by atoms with Crippen LogP contribution in [0.2, 0.25) is 0 Å². The summed E-state index contributed by atoms with van der Waals surface area (Å²) in [6, 6.07) is 14.2. The molecule has 21 heavy (non-hydrogen) atoms. The van der Waals surface area contributed by atoms with Crippen molar-refractivity contribution in [3.8, 4) is 11.3 Å². The van der Waals surface area contributed by atoms with Crippen LogP contribution in [0, 0.1) is 0 Å². The first kappa shape index (κ1) is 12.7. The number of amides is 1. The lowest BCUT2D eigenvalue weighted by atomic mass is 10.0. The minimum atomic E-state index is -0.00124. The number of rotatable bonds is 1. The second-order valence-electron chi connectivity index (χ2n) is 5.23. The SMILES string of the molecule is O=C1NCCc2c(-c3ccccc3)[nH]c3cc(Br)cc1c23. The smallest absolute Gasteiger partial charge is 0.252 e. The van der Waals surface area contributed by atoms with Gasteiger partial charge in [-0.2, -0.15) is 0 Å². The van der Waals surface area contributed by atoms with Crippen LogP contribution in [0.1, 0.15) is 15.9 Å². The van der Waals surface area contributed by atoms with Crippen LogP contribution >= 0.6 is 15.9 Å². The molecule has 4 rings (SSSR count). The number of hydrogen-bond donors (Lipinski definition) is 2. The Morgan fingerprint density at radius 1 is 1.10 bits per heavy atom. The lowest BCUT2D eigenvalue weighted by Crippen LogP contribution is -2.23. The van der Waals surface area contributed by atoms with Gasteiger partial charge in [0.25, 0.3) is 5.91 Å². The van der Waals surface area contributed by atoms with E-state index in [-0.39, 0.29) is 5.91 Å². The van der Waals surface area contributed by atoms with E-state index in [4.69, 9.17) is 0 Å². The Morgan fingerprint density at radius 3 is 2.71 bits per heavy atom. The van der Waals surface area contributed by atoms with Gasteiger partial charge >= 0.3 is 0 Å². The van der Waals surface area contributed by atoms with E-state index in [9.17, 15) is 4.79 Å². The van der Waals surface area contributed by atoms with Gasteiger partial charge in [-0.05, 0) is 29.7 Å². The summed E-state index contributed by atoms with van der Waals surface area (Å²) in [5.41, 5.74) is 5.23. The van der Waals surface area contributed by atoms with Crippen LogP contribution in [0.5, 0.6) is 0 Å². The number of nitrogens with one attached hydrogen (secondary N) is 2. The van der Waals surface area contributed by atoms with Gasteiger partial charge in [-0.25, -0.2) is 0 Å². The average Bonchev–Trinajstić information content (AvgIpc) is 2.76. The number of aromatic amines is 1. The Balaban J connectivity index is 2.09. The number of halogens is 1. The van der Waals surface area contributed by atoms with Gasteiger partial charge in [-0.15, -0.1) is 0 Å². The average molecular weight is 341 g/mol. The number of hydrogen-bond acceptors (Lipinski definition) is 1. The normalized spacial score (nSPS) is 14.0. The van der Waals surface area contributed by atoms with Gasteiger partial charge in [0.05, 0.1) is 5.56 Å². The maximum absolute atomic E-state index is 12.2. The van der Waals surface area contributed by atoms with Crippen LogP contribution in [-0.4, -0.2) is 17.4 Å². The molecular weight excluding hydrogens is 328 g/mol. The van der Waals surface area contributed by atoms with Crippen molar-refractivity contribution in [2.45, 2.75) is 6.42 Å². The number of aromatic nitrogens is 1. The molecule has 0 bridgehead atoms. The summed E-state index contributed by atoms with van der Waals surface area (Å²) in [5.74, 6) is -0.00124. The molecule has 0 unspecified atom stereocenters. The van der Waals surface area contributed by atoms with Gasteiger partial charge in [0.2, 0.25) is 0 Å². The van der Waals surface area contributed by atoms with Crippen LogP contribution in [0.25, 0.3) is 22.2 Å². The number of benzene rings is 2. The Morgan fingerprint density at radius 2 is 1.90 bits per heavy atom. The molecule has 1 amide bonds. The molecule has 0 atom stereocenters. The molecule has 2 N–H and O–H groups in total. The first-order valence-electron chi connectivity index (χ1n) is 6.92.